The maximum absolute atomic E-state index is 9.22. The zero-order chi connectivity index (χ0) is 31.1. The number of nitrogens with one attached hydrogen (secondary N) is 1. The molecule has 6 nitrogen and oxygen atoms in total. The first-order chi connectivity index (χ1) is 18.6. The van der Waals surface area contributed by atoms with E-state index >= 15 is 0 Å². The number of thiazole rings is 1. The number of nitrogens with zero attached hydrogens (tertiary/aromatic N) is 5. The van der Waals surface area contributed by atoms with Gasteiger partial charge in [-0.15, -0.1) is 11.3 Å². The number of hydrogen-bond acceptors (Lipinski definition) is 7. The third kappa shape index (κ3) is 4.13. The van der Waals surface area contributed by atoms with Gasteiger partial charge in [-0.3, -0.25) is 4.90 Å². The SMILES string of the molecule is [2H]c1nc(N([2H])C2([2H])C([2H])([2H])C([2H])([2H])N(C([2H])c3cccc(C#N)c3)C([2H])([2H])C2([2H])[2H])c2sc(C([2H])(C)C)nc2n1. The van der Waals surface area contributed by atoms with Gasteiger partial charge in [0.2, 0.25) is 0 Å². The van der Waals surface area contributed by atoms with Crippen molar-refractivity contribution in [3.05, 3.63) is 46.7 Å². The highest BCUT2D eigenvalue weighted by molar-refractivity contribution is 7.19. The first-order valence-corrected chi connectivity index (χ1v) is 9.05. The monoisotopic (exact) mass is 405 g/mol. The van der Waals surface area contributed by atoms with E-state index in [1.165, 1.54) is 32.0 Å². The van der Waals surface area contributed by atoms with Crippen LogP contribution in [0.4, 0.5) is 5.82 Å². The lowest BCUT2D eigenvalue weighted by Crippen LogP contribution is -2.38. The summed E-state index contributed by atoms with van der Waals surface area (Å²) >= 11 is 0.786. The van der Waals surface area contributed by atoms with Gasteiger partial charge in [0, 0.05) is 45.1 Å². The fraction of sp³-hybridized carbons (Fsp3) is 0.429. The minimum atomic E-state index is -3.75. The van der Waals surface area contributed by atoms with Gasteiger partial charge in [0.05, 0.1) is 18.0 Å². The molecule has 1 saturated heterocycles. The number of hydrogen-bond donors (Lipinski definition) is 1. The molecular weight excluding hydrogens is 368 g/mol. The van der Waals surface area contributed by atoms with Gasteiger partial charge in [0.15, 0.2) is 7.06 Å². The van der Waals surface area contributed by atoms with Crippen LogP contribution < -0.4 is 5.31 Å². The van der Waals surface area contributed by atoms with Crippen LogP contribution in [-0.2, 0) is 6.52 Å². The number of nitriles is 1. The Morgan fingerprint density at radius 2 is 2.36 bits per heavy atom. The van der Waals surface area contributed by atoms with Crippen LogP contribution in [0.3, 0.4) is 0 Å². The van der Waals surface area contributed by atoms with E-state index in [2.05, 4.69) is 15.0 Å². The highest BCUT2D eigenvalue weighted by Crippen LogP contribution is 2.31. The Morgan fingerprint density at radius 3 is 3.11 bits per heavy atom. The van der Waals surface area contributed by atoms with Crippen molar-refractivity contribution in [1.82, 2.24) is 19.9 Å². The highest BCUT2D eigenvalue weighted by atomic mass is 32.1. The number of piperidine rings is 1. The zero-order valence-corrected chi connectivity index (χ0v) is 15.8. The van der Waals surface area contributed by atoms with Crippen LogP contribution >= 0.6 is 11.3 Å². The number of benzene rings is 1. The van der Waals surface area contributed by atoms with E-state index in [0.29, 0.717) is 0 Å². The van der Waals surface area contributed by atoms with Crippen LogP contribution in [0.5, 0.6) is 0 Å². The minimum absolute atomic E-state index is 0.0238. The molecule has 28 heavy (non-hydrogen) atoms. The molecule has 3 aromatic rings. The molecular formula is C21H24N6S. The van der Waals surface area contributed by atoms with Crippen molar-refractivity contribution >= 4 is 27.5 Å². The van der Waals surface area contributed by atoms with Crippen LogP contribution in [-0.4, -0.2) is 38.9 Å². The van der Waals surface area contributed by atoms with Crippen molar-refractivity contribution in [2.24, 2.45) is 0 Å². The van der Waals surface area contributed by atoms with E-state index < -0.39 is 56.3 Å². The Labute approximate surface area is 187 Å². The largest absolute Gasteiger partial charge is 0.366 e. The first kappa shape index (κ1) is 8.85. The summed E-state index contributed by atoms with van der Waals surface area (Å²) in [6, 6.07) is 3.30. The number of fused-ring (bicyclic) bond motifs is 1. The van der Waals surface area contributed by atoms with Gasteiger partial charge in [0.1, 0.15) is 18.2 Å². The smallest absolute Gasteiger partial charge is 0.175 e. The molecule has 3 heterocycles. The molecule has 1 aromatic carbocycles. The average Bonchev–Trinajstić information content (AvgIpc) is 3.30. The fourth-order valence-electron chi connectivity index (χ4n) is 2.34. The van der Waals surface area contributed by atoms with E-state index in [0.717, 1.165) is 17.4 Å². The molecule has 4 rings (SSSR count). The van der Waals surface area contributed by atoms with Crippen molar-refractivity contribution in [3.8, 4) is 6.07 Å². The van der Waals surface area contributed by atoms with E-state index in [1.807, 2.05) is 6.07 Å². The molecule has 144 valence electrons. The van der Waals surface area contributed by atoms with Crippen molar-refractivity contribution < 1.29 is 17.9 Å². The second kappa shape index (κ2) is 8.21. The fourth-order valence-corrected chi connectivity index (χ4v) is 3.24. The lowest BCUT2D eigenvalue weighted by atomic mass is 10.0. The normalized spacial score (nSPS) is 32.4. The molecule has 0 bridgehead atoms. The summed E-state index contributed by atoms with van der Waals surface area (Å²) in [5, 5.41) is 9.28. The first-order valence-electron chi connectivity index (χ1n) is 14.8. The van der Waals surface area contributed by atoms with Crippen molar-refractivity contribution in [1.29, 1.82) is 5.26 Å². The third-order valence-corrected chi connectivity index (χ3v) is 4.92. The molecule has 2 aromatic heterocycles. The lowest BCUT2D eigenvalue weighted by Gasteiger charge is -2.32. The van der Waals surface area contributed by atoms with Crippen LogP contribution in [0.15, 0.2) is 30.6 Å². The van der Waals surface area contributed by atoms with Gasteiger partial charge >= 0.3 is 0 Å². The molecule has 0 saturated carbocycles. The van der Waals surface area contributed by atoms with E-state index in [1.54, 1.807) is 0 Å². The van der Waals surface area contributed by atoms with Crippen molar-refractivity contribution in [2.45, 2.75) is 45.0 Å². The van der Waals surface area contributed by atoms with Crippen LogP contribution in [0.1, 0.15) is 65.1 Å². The summed E-state index contributed by atoms with van der Waals surface area (Å²) in [6.07, 6.45) is -8.23. The predicted octanol–water partition coefficient (Wildman–Crippen LogP) is 4.16. The molecule has 0 aliphatic carbocycles. The van der Waals surface area contributed by atoms with Crippen LogP contribution in [0.2, 0.25) is 1.41 Å². The molecule has 0 spiro atoms. The topological polar surface area (TPSA) is 77.7 Å². The Morgan fingerprint density at radius 1 is 1.54 bits per heavy atom. The van der Waals surface area contributed by atoms with Gasteiger partial charge < -0.3 is 5.31 Å². The Bertz CT molecular complexity index is 1520. The molecule has 7 heteroatoms. The Kier molecular flexibility index (Phi) is 2.59. The molecule has 1 aliphatic heterocycles. The van der Waals surface area contributed by atoms with E-state index in [9.17, 15) is 5.26 Å². The van der Waals surface area contributed by atoms with Gasteiger partial charge in [-0.25, -0.2) is 15.0 Å². The summed E-state index contributed by atoms with van der Waals surface area (Å²) in [5.74, 6) is -1.97. The second-order valence-corrected chi connectivity index (χ2v) is 6.99. The molecule has 1 N–H and O–H groups in total. The molecule has 0 amide bonds. The van der Waals surface area contributed by atoms with Gasteiger partial charge in [-0.1, -0.05) is 26.0 Å². The average molecular weight is 406 g/mol. The van der Waals surface area contributed by atoms with Gasteiger partial charge in [0.25, 0.3) is 0 Å². The standard InChI is InChI=1S/C21H24N6S/c1-14(2)21-26-20-18(28-21)19(23-13-24-20)25-17-6-8-27(9-7-17)12-16-5-3-4-15(10-16)11-22/h3-5,10,13-14,17H,6-9,12H2,1-2H3,(H,23,24,25)/i6D2,7D2,8D2,9D2,12D,13D,14D,17D/hD. The zero-order valence-electron chi connectivity index (χ0n) is 28.0. The van der Waals surface area contributed by atoms with Gasteiger partial charge in [-0.2, -0.15) is 5.26 Å². The van der Waals surface area contributed by atoms with Crippen molar-refractivity contribution in [3.63, 3.8) is 0 Å². The minimum Gasteiger partial charge on any atom is -0.366 e. The molecule has 1 fully saturated rings. The maximum atomic E-state index is 9.22. The molecule has 1 unspecified atom stereocenters. The molecule has 1 atom stereocenters. The quantitative estimate of drug-likeness (QED) is 0.687. The van der Waals surface area contributed by atoms with E-state index in [-0.39, 0.29) is 36.7 Å². The number of rotatable bonds is 5. The summed E-state index contributed by atoms with van der Waals surface area (Å²) in [7, 11) is 0. The third-order valence-electron chi connectivity index (χ3n) is 3.65. The van der Waals surface area contributed by atoms with E-state index in [4.69, 9.17) is 17.9 Å². The Hall–Kier alpha value is -2.56. The number of likely N-dealkylation sites (tertiary alicyclic amines) is 1. The molecule has 1 aliphatic rings. The lowest BCUT2D eigenvalue weighted by molar-refractivity contribution is 0.211. The highest BCUT2D eigenvalue weighted by Gasteiger charge is 2.21. The number of aromatic nitrogens is 3. The van der Waals surface area contributed by atoms with Gasteiger partial charge in [-0.05, 0) is 30.4 Å². The summed E-state index contributed by atoms with van der Waals surface area (Å²) < 4.78 is 112. The van der Waals surface area contributed by atoms with Crippen LogP contribution in [0.25, 0.3) is 10.3 Å². The number of anilines is 1. The predicted molar refractivity (Wildman–Crippen MR) is 112 cm³/mol. The summed E-state index contributed by atoms with van der Waals surface area (Å²) in [4.78, 5) is 11.8. The molecule has 0 radical (unpaired) electrons. The van der Waals surface area contributed by atoms with Crippen molar-refractivity contribution in [2.75, 3.05) is 18.3 Å². The van der Waals surface area contributed by atoms with Crippen LogP contribution in [0, 0.1) is 11.3 Å². The summed E-state index contributed by atoms with van der Waals surface area (Å²) in [6.45, 7) is -6.27. The Balaban J connectivity index is 1.95. The second-order valence-electron chi connectivity index (χ2n) is 5.99. The maximum Gasteiger partial charge on any atom is 0.175 e. The summed E-state index contributed by atoms with van der Waals surface area (Å²) in [5.41, 5.74) is -0.264.